The second kappa shape index (κ2) is 4.68. The summed E-state index contributed by atoms with van der Waals surface area (Å²) in [6.45, 7) is 0. The fourth-order valence-electron chi connectivity index (χ4n) is 0.660. The fraction of sp³-hybridized carbons (Fsp3) is 0.667. The first-order chi connectivity index (χ1) is 5.02. The number of carbonyl (C=O) groups is 2. The van der Waals surface area contributed by atoms with Crippen molar-refractivity contribution in [2.75, 3.05) is 0 Å². The smallest absolute Gasteiger partial charge is 0.0900 e. The highest BCUT2D eigenvalue weighted by Crippen LogP contribution is 1.94. The summed E-state index contributed by atoms with van der Waals surface area (Å²) < 4.78 is 0. The molecule has 5 heteroatoms. The Morgan fingerprint density at radius 2 is 1.82 bits per heavy atom. The van der Waals surface area contributed by atoms with Crippen molar-refractivity contribution in [3.05, 3.63) is 0 Å². The zero-order chi connectivity index (χ0) is 8.85. The molecule has 0 spiro atoms. The van der Waals surface area contributed by atoms with E-state index in [0.717, 1.165) is 0 Å². The number of quaternary nitrogens is 1. The Hall–Kier alpha value is -1.10. The fourth-order valence-corrected chi connectivity index (χ4v) is 0.660. The SMILES string of the molecule is [NH3+][C@@H](CCC(=O)[O-])CC(=O)[O-]. The molecule has 0 saturated carbocycles. The molecule has 0 aromatic carbocycles. The molecule has 0 rings (SSSR count). The molecule has 1 atom stereocenters. The number of carbonyl (C=O) groups excluding carboxylic acids is 2. The third kappa shape index (κ3) is 6.79. The highest BCUT2D eigenvalue weighted by atomic mass is 16.4. The van der Waals surface area contributed by atoms with Crippen LogP contribution in [0.2, 0.25) is 0 Å². The van der Waals surface area contributed by atoms with E-state index in [-0.39, 0.29) is 19.3 Å². The molecule has 0 aliphatic rings. The van der Waals surface area contributed by atoms with Gasteiger partial charge < -0.3 is 25.5 Å². The molecule has 0 amide bonds. The zero-order valence-electron chi connectivity index (χ0n) is 6.04. The minimum atomic E-state index is -1.21. The average Bonchev–Trinajstić information content (AvgIpc) is 1.82. The lowest BCUT2D eigenvalue weighted by Gasteiger charge is -2.08. The maximum atomic E-state index is 9.94. The van der Waals surface area contributed by atoms with E-state index in [0.29, 0.717) is 0 Å². The summed E-state index contributed by atoms with van der Waals surface area (Å²) in [7, 11) is 0. The van der Waals surface area contributed by atoms with Crippen molar-refractivity contribution in [1.82, 2.24) is 0 Å². The minimum absolute atomic E-state index is 0.151. The third-order valence-corrected chi connectivity index (χ3v) is 1.21. The van der Waals surface area contributed by atoms with Gasteiger partial charge in [0.25, 0.3) is 0 Å². The first-order valence-corrected chi connectivity index (χ1v) is 3.25. The quantitative estimate of drug-likeness (QED) is 0.446. The van der Waals surface area contributed by atoms with Crippen molar-refractivity contribution in [3.8, 4) is 0 Å². The topological polar surface area (TPSA) is 108 Å². The standard InChI is InChI=1S/C6H11NO4/c7-4(3-6(10)11)1-2-5(8)9/h4H,1-3,7H2,(H,8,9)(H,10,11)/p-1/t4-/m0/s1. The molecule has 0 radical (unpaired) electrons. The van der Waals surface area contributed by atoms with Crippen molar-refractivity contribution in [2.45, 2.75) is 25.3 Å². The molecule has 0 aromatic rings. The van der Waals surface area contributed by atoms with Crippen LogP contribution in [0, 0.1) is 0 Å². The number of carboxylic acids is 2. The number of rotatable bonds is 5. The van der Waals surface area contributed by atoms with Crippen molar-refractivity contribution in [1.29, 1.82) is 0 Å². The molecule has 0 unspecified atom stereocenters. The maximum Gasteiger partial charge on any atom is 0.0900 e. The van der Waals surface area contributed by atoms with Gasteiger partial charge in [0.1, 0.15) is 0 Å². The molecule has 0 aliphatic heterocycles. The van der Waals surface area contributed by atoms with Crippen LogP contribution >= 0.6 is 0 Å². The lowest BCUT2D eigenvalue weighted by Crippen LogP contribution is -2.62. The normalized spacial score (nSPS) is 12.5. The molecular formula is C6H10NO4-. The van der Waals surface area contributed by atoms with Gasteiger partial charge >= 0.3 is 0 Å². The summed E-state index contributed by atoms with van der Waals surface area (Å²) in [5.41, 5.74) is 3.44. The van der Waals surface area contributed by atoms with Crippen LogP contribution in [0.1, 0.15) is 19.3 Å². The second-order valence-electron chi connectivity index (χ2n) is 2.35. The van der Waals surface area contributed by atoms with E-state index >= 15 is 0 Å². The first kappa shape index (κ1) is 9.90. The Balaban J connectivity index is 3.44. The van der Waals surface area contributed by atoms with Gasteiger partial charge in [-0.3, -0.25) is 0 Å². The van der Waals surface area contributed by atoms with Gasteiger partial charge in [0, 0.05) is 24.8 Å². The average molecular weight is 160 g/mol. The number of hydrogen-bond donors (Lipinski definition) is 1. The minimum Gasteiger partial charge on any atom is -0.550 e. The molecule has 0 bridgehead atoms. The molecule has 64 valence electrons. The first-order valence-electron chi connectivity index (χ1n) is 3.25. The van der Waals surface area contributed by atoms with Crippen LogP contribution < -0.4 is 15.9 Å². The summed E-state index contributed by atoms with van der Waals surface area (Å²) in [4.78, 5) is 19.8. The van der Waals surface area contributed by atoms with Crippen molar-refractivity contribution in [2.24, 2.45) is 0 Å². The van der Waals surface area contributed by atoms with Crippen LogP contribution in [0.5, 0.6) is 0 Å². The van der Waals surface area contributed by atoms with E-state index in [2.05, 4.69) is 5.73 Å². The largest absolute Gasteiger partial charge is 0.550 e. The van der Waals surface area contributed by atoms with Crippen LogP contribution in [0.15, 0.2) is 0 Å². The lowest BCUT2D eigenvalue weighted by molar-refractivity contribution is -0.426. The summed E-state index contributed by atoms with van der Waals surface area (Å²) in [6.07, 6.45) is -0.134. The van der Waals surface area contributed by atoms with Crippen LogP contribution in [-0.2, 0) is 9.59 Å². The molecule has 0 saturated heterocycles. The van der Waals surface area contributed by atoms with Gasteiger partial charge in [0.05, 0.1) is 6.04 Å². The Morgan fingerprint density at radius 1 is 1.27 bits per heavy atom. The van der Waals surface area contributed by atoms with Gasteiger partial charge in [-0.2, -0.15) is 0 Å². The highest BCUT2D eigenvalue weighted by molar-refractivity contribution is 5.66. The molecule has 0 aliphatic carbocycles. The van der Waals surface area contributed by atoms with E-state index in [9.17, 15) is 19.8 Å². The molecule has 0 heterocycles. The van der Waals surface area contributed by atoms with Gasteiger partial charge in [-0.05, 0) is 6.42 Å². The highest BCUT2D eigenvalue weighted by Gasteiger charge is 2.05. The second-order valence-corrected chi connectivity index (χ2v) is 2.35. The van der Waals surface area contributed by atoms with E-state index in [1.807, 2.05) is 0 Å². The number of carboxylic acid groups (broad SMARTS) is 2. The molecule has 5 nitrogen and oxygen atoms in total. The number of aliphatic carboxylic acids is 2. The van der Waals surface area contributed by atoms with Gasteiger partial charge in [-0.15, -0.1) is 0 Å². The van der Waals surface area contributed by atoms with Crippen molar-refractivity contribution in [3.63, 3.8) is 0 Å². The van der Waals surface area contributed by atoms with Crippen molar-refractivity contribution < 1.29 is 25.5 Å². The Bertz CT molecular complexity index is 157. The van der Waals surface area contributed by atoms with Gasteiger partial charge in [0.2, 0.25) is 0 Å². The molecule has 0 aromatic heterocycles. The van der Waals surface area contributed by atoms with Crippen LogP contribution in [0.3, 0.4) is 0 Å². The molecule has 11 heavy (non-hydrogen) atoms. The number of hydrogen-bond acceptors (Lipinski definition) is 4. The zero-order valence-corrected chi connectivity index (χ0v) is 6.04. The lowest BCUT2D eigenvalue weighted by atomic mass is 10.1. The van der Waals surface area contributed by atoms with Gasteiger partial charge in [-0.1, -0.05) is 0 Å². The van der Waals surface area contributed by atoms with Gasteiger partial charge in [0.15, 0.2) is 0 Å². The summed E-state index contributed by atoms with van der Waals surface area (Å²) in [6, 6.07) is -0.405. The van der Waals surface area contributed by atoms with E-state index in [1.54, 1.807) is 0 Å². The van der Waals surface area contributed by atoms with Crippen LogP contribution in [-0.4, -0.2) is 18.0 Å². The molecule has 3 N–H and O–H groups in total. The Morgan fingerprint density at radius 3 is 2.18 bits per heavy atom. The molecule has 0 fully saturated rings. The summed E-state index contributed by atoms with van der Waals surface area (Å²) in [5.74, 6) is -2.39. The van der Waals surface area contributed by atoms with E-state index < -0.39 is 18.0 Å². The van der Waals surface area contributed by atoms with Crippen LogP contribution in [0.25, 0.3) is 0 Å². The van der Waals surface area contributed by atoms with Crippen molar-refractivity contribution >= 4 is 11.9 Å². The monoisotopic (exact) mass is 160 g/mol. The Kier molecular flexibility index (Phi) is 4.21. The third-order valence-electron chi connectivity index (χ3n) is 1.21. The summed E-state index contributed by atoms with van der Waals surface area (Å²) in [5, 5.41) is 19.8. The molecular weight excluding hydrogens is 150 g/mol. The van der Waals surface area contributed by atoms with E-state index in [1.165, 1.54) is 0 Å². The van der Waals surface area contributed by atoms with E-state index in [4.69, 9.17) is 0 Å². The Labute approximate surface area is 63.8 Å². The summed E-state index contributed by atoms with van der Waals surface area (Å²) >= 11 is 0. The van der Waals surface area contributed by atoms with Crippen LogP contribution in [0.4, 0.5) is 0 Å². The maximum absolute atomic E-state index is 9.94. The predicted octanol–water partition coefficient (Wildman–Crippen LogP) is -3.73. The van der Waals surface area contributed by atoms with Gasteiger partial charge in [-0.25, -0.2) is 0 Å². The predicted molar refractivity (Wildman–Crippen MR) is 30.5 cm³/mol.